The Kier molecular flexibility index (Phi) is 5.16. The van der Waals surface area contributed by atoms with Crippen molar-refractivity contribution >= 4 is 11.9 Å². The van der Waals surface area contributed by atoms with Crippen LogP contribution in [0, 0.1) is 0 Å². The van der Waals surface area contributed by atoms with Crippen molar-refractivity contribution in [2.45, 2.75) is 0 Å². The van der Waals surface area contributed by atoms with E-state index >= 15 is 0 Å². The number of pyridine rings is 1. The standard InChI is InChI=1S/C18H16N4O3/c1-24-15-7-2-3-8-16(15)25-12-17(23)22-18-20-11-9-14(21-18)13-6-4-5-10-19-13/h2-11H,12H2,1H3,(H,20,21,22,23). The zero-order chi connectivity index (χ0) is 17.5. The van der Waals surface area contributed by atoms with Gasteiger partial charge in [0.2, 0.25) is 5.95 Å². The Labute approximate surface area is 144 Å². The number of hydrogen-bond acceptors (Lipinski definition) is 6. The zero-order valence-corrected chi connectivity index (χ0v) is 13.5. The molecule has 0 aliphatic heterocycles. The van der Waals surface area contributed by atoms with Crippen LogP contribution in [-0.2, 0) is 4.79 Å². The van der Waals surface area contributed by atoms with E-state index in [-0.39, 0.29) is 18.5 Å². The third-order valence-corrected chi connectivity index (χ3v) is 3.26. The van der Waals surface area contributed by atoms with E-state index in [9.17, 15) is 4.79 Å². The number of nitrogens with zero attached hydrogens (tertiary/aromatic N) is 3. The van der Waals surface area contributed by atoms with E-state index in [1.54, 1.807) is 43.8 Å². The van der Waals surface area contributed by atoms with Gasteiger partial charge in [-0.25, -0.2) is 9.97 Å². The highest BCUT2D eigenvalue weighted by Crippen LogP contribution is 2.25. The van der Waals surface area contributed by atoms with Gasteiger partial charge in [0.1, 0.15) is 0 Å². The van der Waals surface area contributed by atoms with E-state index in [2.05, 4.69) is 20.3 Å². The fourth-order valence-electron chi connectivity index (χ4n) is 2.12. The lowest BCUT2D eigenvalue weighted by Gasteiger charge is -2.10. The van der Waals surface area contributed by atoms with Crippen LogP contribution in [0.15, 0.2) is 60.9 Å². The van der Waals surface area contributed by atoms with Crippen molar-refractivity contribution in [3.63, 3.8) is 0 Å². The van der Waals surface area contributed by atoms with E-state index in [0.29, 0.717) is 22.9 Å². The van der Waals surface area contributed by atoms with Crippen molar-refractivity contribution in [2.75, 3.05) is 19.0 Å². The molecule has 0 spiro atoms. The van der Waals surface area contributed by atoms with E-state index in [0.717, 1.165) is 0 Å². The molecule has 1 aromatic carbocycles. The molecule has 1 amide bonds. The lowest BCUT2D eigenvalue weighted by Crippen LogP contribution is -2.21. The molecule has 7 nitrogen and oxygen atoms in total. The predicted molar refractivity (Wildman–Crippen MR) is 92.4 cm³/mol. The fraction of sp³-hybridized carbons (Fsp3) is 0.111. The first-order chi connectivity index (χ1) is 12.3. The average molecular weight is 336 g/mol. The maximum absolute atomic E-state index is 12.1. The Bertz CT molecular complexity index is 856. The third-order valence-electron chi connectivity index (χ3n) is 3.26. The van der Waals surface area contributed by atoms with Crippen LogP contribution in [0.25, 0.3) is 11.4 Å². The third kappa shape index (κ3) is 4.29. The topological polar surface area (TPSA) is 86.2 Å². The molecule has 0 unspecified atom stereocenters. The highest BCUT2D eigenvalue weighted by atomic mass is 16.5. The molecule has 0 aliphatic carbocycles. The van der Waals surface area contributed by atoms with Gasteiger partial charge in [-0.15, -0.1) is 0 Å². The van der Waals surface area contributed by atoms with E-state index in [1.807, 2.05) is 24.3 Å². The number of hydrogen-bond donors (Lipinski definition) is 1. The van der Waals surface area contributed by atoms with Crippen LogP contribution >= 0.6 is 0 Å². The van der Waals surface area contributed by atoms with Crippen LogP contribution in [0.5, 0.6) is 11.5 Å². The molecular weight excluding hydrogens is 320 g/mol. The summed E-state index contributed by atoms with van der Waals surface area (Å²) in [7, 11) is 1.54. The van der Waals surface area contributed by atoms with Crippen molar-refractivity contribution in [3.8, 4) is 22.9 Å². The van der Waals surface area contributed by atoms with E-state index < -0.39 is 0 Å². The molecule has 0 saturated carbocycles. The van der Waals surface area contributed by atoms with Crippen molar-refractivity contribution in [2.24, 2.45) is 0 Å². The van der Waals surface area contributed by atoms with Gasteiger partial charge in [-0.05, 0) is 30.3 Å². The predicted octanol–water partition coefficient (Wildman–Crippen LogP) is 2.56. The number of aromatic nitrogens is 3. The molecule has 3 aromatic rings. The van der Waals surface area contributed by atoms with Gasteiger partial charge in [0.15, 0.2) is 18.1 Å². The Morgan fingerprint density at radius 3 is 2.52 bits per heavy atom. The minimum atomic E-state index is -0.371. The van der Waals surface area contributed by atoms with E-state index in [4.69, 9.17) is 9.47 Å². The average Bonchev–Trinajstić information content (AvgIpc) is 2.67. The molecule has 0 radical (unpaired) electrons. The molecule has 0 aliphatic rings. The molecule has 2 aromatic heterocycles. The SMILES string of the molecule is COc1ccccc1OCC(=O)Nc1nccc(-c2ccccn2)n1. The molecular formula is C18H16N4O3. The summed E-state index contributed by atoms with van der Waals surface area (Å²) in [4.78, 5) is 24.6. The molecule has 0 atom stereocenters. The summed E-state index contributed by atoms with van der Waals surface area (Å²) in [6.07, 6.45) is 3.24. The molecule has 126 valence electrons. The number of benzene rings is 1. The first kappa shape index (κ1) is 16.4. The number of rotatable bonds is 6. The Morgan fingerprint density at radius 1 is 0.960 bits per heavy atom. The summed E-state index contributed by atoms with van der Waals surface area (Å²) in [6.45, 7) is -0.183. The van der Waals surface area contributed by atoms with Crippen LogP contribution in [0.2, 0.25) is 0 Å². The quantitative estimate of drug-likeness (QED) is 0.744. The minimum absolute atomic E-state index is 0.183. The number of para-hydroxylation sites is 2. The van der Waals surface area contributed by atoms with Crippen molar-refractivity contribution in [1.82, 2.24) is 15.0 Å². The number of ether oxygens (including phenoxy) is 2. The van der Waals surface area contributed by atoms with Gasteiger partial charge in [-0.1, -0.05) is 18.2 Å². The molecule has 7 heteroatoms. The lowest BCUT2D eigenvalue weighted by atomic mass is 10.3. The molecule has 0 fully saturated rings. The number of methoxy groups -OCH3 is 1. The maximum Gasteiger partial charge on any atom is 0.264 e. The fourth-order valence-corrected chi connectivity index (χ4v) is 2.12. The Balaban J connectivity index is 1.63. The maximum atomic E-state index is 12.1. The number of anilines is 1. The van der Waals surface area contributed by atoms with Crippen molar-refractivity contribution < 1.29 is 14.3 Å². The molecule has 0 bridgehead atoms. The largest absolute Gasteiger partial charge is 0.493 e. The number of nitrogens with one attached hydrogen (secondary N) is 1. The summed E-state index contributed by atoms with van der Waals surface area (Å²) in [5, 5.41) is 2.61. The van der Waals surface area contributed by atoms with Gasteiger partial charge in [-0.2, -0.15) is 0 Å². The van der Waals surface area contributed by atoms with Crippen LogP contribution < -0.4 is 14.8 Å². The minimum Gasteiger partial charge on any atom is -0.493 e. The molecule has 1 N–H and O–H groups in total. The highest BCUT2D eigenvalue weighted by Gasteiger charge is 2.09. The molecule has 2 heterocycles. The number of carbonyl (C=O) groups excluding carboxylic acids is 1. The lowest BCUT2D eigenvalue weighted by molar-refractivity contribution is -0.118. The Hall–Kier alpha value is -3.48. The second-order valence-corrected chi connectivity index (χ2v) is 4.97. The summed E-state index contributed by atoms with van der Waals surface area (Å²) in [5.74, 6) is 0.868. The van der Waals surface area contributed by atoms with Crippen molar-refractivity contribution in [1.29, 1.82) is 0 Å². The van der Waals surface area contributed by atoms with E-state index in [1.165, 1.54) is 0 Å². The second kappa shape index (κ2) is 7.87. The molecule has 25 heavy (non-hydrogen) atoms. The van der Waals surface area contributed by atoms with Crippen LogP contribution in [0.4, 0.5) is 5.95 Å². The molecule has 3 rings (SSSR count). The highest BCUT2D eigenvalue weighted by molar-refractivity contribution is 5.90. The van der Waals surface area contributed by atoms with Crippen LogP contribution in [0.3, 0.4) is 0 Å². The van der Waals surface area contributed by atoms with Gasteiger partial charge in [0.05, 0.1) is 18.5 Å². The summed E-state index contributed by atoms with van der Waals surface area (Å²) < 4.78 is 10.6. The second-order valence-electron chi connectivity index (χ2n) is 4.97. The summed E-state index contributed by atoms with van der Waals surface area (Å²) in [6, 6.07) is 14.4. The summed E-state index contributed by atoms with van der Waals surface area (Å²) >= 11 is 0. The van der Waals surface area contributed by atoms with Gasteiger partial charge in [0.25, 0.3) is 5.91 Å². The van der Waals surface area contributed by atoms with Gasteiger partial charge in [0, 0.05) is 12.4 Å². The van der Waals surface area contributed by atoms with Gasteiger partial charge in [-0.3, -0.25) is 15.1 Å². The van der Waals surface area contributed by atoms with Crippen LogP contribution in [-0.4, -0.2) is 34.6 Å². The summed E-state index contributed by atoms with van der Waals surface area (Å²) in [5.41, 5.74) is 1.32. The monoisotopic (exact) mass is 336 g/mol. The van der Waals surface area contributed by atoms with Crippen LogP contribution in [0.1, 0.15) is 0 Å². The first-order valence-electron chi connectivity index (χ1n) is 7.56. The van der Waals surface area contributed by atoms with Gasteiger partial charge >= 0.3 is 0 Å². The number of amides is 1. The Morgan fingerprint density at radius 2 is 1.76 bits per heavy atom. The normalized spacial score (nSPS) is 10.1. The molecule has 0 saturated heterocycles. The smallest absolute Gasteiger partial charge is 0.264 e. The number of carbonyl (C=O) groups is 1. The van der Waals surface area contributed by atoms with Crippen molar-refractivity contribution in [3.05, 3.63) is 60.9 Å². The van der Waals surface area contributed by atoms with Gasteiger partial charge < -0.3 is 9.47 Å². The zero-order valence-electron chi connectivity index (χ0n) is 13.5. The first-order valence-corrected chi connectivity index (χ1v) is 7.56.